The highest BCUT2D eigenvalue weighted by molar-refractivity contribution is 9.10. The van der Waals surface area contributed by atoms with Gasteiger partial charge in [0, 0.05) is 17.4 Å². The fourth-order valence-corrected chi connectivity index (χ4v) is 2.92. The fraction of sp³-hybridized carbons (Fsp3) is 0.214. The van der Waals surface area contributed by atoms with E-state index in [1.807, 2.05) is 24.3 Å². The lowest BCUT2D eigenvalue weighted by Crippen LogP contribution is -2.29. The predicted octanol–water partition coefficient (Wildman–Crippen LogP) is 3.35. The summed E-state index contributed by atoms with van der Waals surface area (Å²) in [7, 11) is 0. The Morgan fingerprint density at radius 1 is 1.29 bits per heavy atom. The van der Waals surface area contributed by atoms with Gasteiger partial charge in [-0.2, -0.15) is 0 Å². The van der Waals surface area contributed by atoms with Crippen LogP contribution in [-0.2, 0) is 9.59 Å². The number of imide groups is 1. The Hall–Kier alpha value is -1.60. The van der Waals surface area contributed by atoms with Crippen LogP contribution in [0, 0.1) is 0 Å². The second-order valence-corrected chi connectivity index (χ2v) is 6.29. The molecule has 0 atom stereocenters. The Bertz CT molecular complexity index is 612. The normalized spacial score (nSPS) is 16.8. The molecule has 7 heteroatoms. The Morgan fingerprint density at radius 3 is 2.57 bits per heavy atom. The number of halogens is 1. The molecule has 21 heavy (non-hydrogen) atoms. The largest absolute Gasteiger partial charge is 0.481 e. The summed E-state index contributed by atoms with van der Waals surface area (Å²) in [6.45, 7) is 0.134. The van der Waals surface area contributed by atoms with Crippen LogP contribution in [0.15, 0.2) is 33.6 Å². The van der Waals surface area contributed by atoms with E-state index >= 15 is 0 Å². The first-order valence-electron chi connectivity index (χ1n) is 6.20. The summed E-state index contributed by atoms with van der Waals surface area (Å²) in [5.74, 6) is -1.30. The molecule has 1 aromatic carbocycles. The maximum absolute atomic E-state index is 12.1. The van der Waals surface area contributed by atoms with Gasteiger partial charge in [0.1, 0.15) is 0 Å². The van der Waals surface area contributed by atoms with Crippen molar-refractivity contribution in [2.45, 2.75) is 12.8 Å². The third-order valence-electron chi connectivity index (χ3n) is 2.81. The standard InChI is InChI=1S/C14H12BrNO4S/c15-10-5-3-9(4-6-10)8-11-13(19)16(14(20)21-11)7-1-2-12(17)18/h3-6,8H,1-2,7H2,(H,17,18)/b11-8-. The van der Waals surface area contributed by atoms with Crippen molar-refractivity contribution in [2.24, 2.45) is 0 Å². The minimum absolute atomic E-state index is 0.0620. The van der Waals surface area contributed by atoms with Crippen LogP contribution >= 0.6 is 27.7 Å². The summed E-state index contributed by atoms with van der Waals surface area (Å²) in [5, 5.41) is 8.23. The van der Waals surface area contributed by atoms with Crippen LogP contribution in [0.1, 0.15) is 18.4 Å². The van der Waals surface area contributed by atoms with Crippen molar-refractivity contribution in [2.75, 3.05) is 6.54 Å². The lowest BCUT2D eigenvalue weighted by atomic mass is 10.2. The lowest BCUT2D eigenvalue weighted by molar-refractivity contribution is -0.137. The lowest BCUT2D eigenvalue weighted by Gasteiger charge is -2.10. The Morgan fingerprint density at radius 2 is 1.95 bits per heavy atom. The zero-order valence-electron chi connectivity index (χ0n) is 10.9. The molecule has 110 valence electrons. The molecule has 1 saturated heterocycles. The molecular weight excluding hydrogens is 358 g/mol. The monoisotopic (exact) mass is 369 g/mol. The van der Waals surface area contributed by atoms with Gasteiger partial charge in [0.15, 0.2) is 0 Å². The highest BCUT2D eigenvalue weighted by Gasteiger charge is 2.34. The van der Waals surface area contributed by atoms with Gasteiger partial charge >= 0.3 is 5.97 Å². The third kappa shape index (κ3) is 4.18. The van der Waals surface area contributed by atoms with Gasteiger partial charge in [0.2, 0.25) is 0 Å². The number of amides is 2. The van der Waals surface area contributed by atoms with Gasteiger partial charge in [-0.1, -0.05) is 28.1 Å². The molecule has 2 rings (SSSR count). The van der Waals surface area contributed by atoms with E-state index in [4.69, 9.17) is 5.11 Å². The summed E-state index contributed by atoms with van der Waals surface area (Å²) in [5.41, 5.74) is 0.828. The van der Waals surface area contributed by atoms with Crippen molar-refractivity contribution in [3.05, 3.63) is 39.2 Å². The number of nitrogens with zero attached hydrogens (tertiary/aromatic N) is 1. The third-order valence-corrected chi connectivity index (χ3v) is 4.25. The number of carboxylic acids is 1. The van der Waals surface area contributed by atoms with E-state index in [0.29, 0.717) is 4.91 Å². The molecule has 0 saturated carbocycles. The van der Waals surface area contributed by atoms with Crippen molar-refractivity contribution in [1.82, 2.24) is 4.90 Å². The average molecular weight is 370 g/mol. The van der Waals surface area contributed by atoms with Crippen LogP contribution in [0.25, 0.3) is 6.08 Å². The molecular formula is C14H12BrNO4S. The van der Waals surface area contributed by atoms with Gasteiger partial charge in [-0.05, 0) is 42.0 Å². The molecule has 0 bridgehead atoms. The Labute approximate surface area is 134 Å². The van der Waals surface area contributed by atoms with Gasteiger partial charge in [0.25, 0.3) is 11.1 Å². The van der Waals surface area contributed by atoms with Crippen LogP contribution in [-0.4, -0.2) is 33.7 Å². The maximum Gasteiger partial charge on any atom is 0.303 e. The predicted molar refractivity (Wildman–Crippen MR) is 83.7 cm³/mol. The maximum atomic E-state index is 12.1. The molecule has 1 N–H and O–H groups in total. The summed E-state index contributed by atoms with van der Waals surface area (Å²) < 4.78 is 0.932. The fourth-order valence-electron chi connectivity index (χ4n) is 1.79. The van der Waals surface area contributed by atoms with E-state index in [1.54, 1.807) is 6.08 Å². The second-order valence-electron chi connectivity index (χ2n) is 4.38. The zero-order valence-corrected chi connectivity index (χ0v) is 13.3. The van der Waals surface area contributed by atoms with Crippen LogP contribution in [0.3, 0.4) is 0 Å². The zero-order chi connectivity index (χ0) is 15.4. The summed E-state index contributed by atoms with van der Waals surface area (Å²) in [6, 6.07) is 7.37. The topological polar surface area (TPSA) is 74.7 Å². The molecule has 1 aliphatic heterocycles. The first-order chi connectivity index (χ1) is 9.97. The van der Waals surface area contributed by atoms with Gasteiger partial charge in [-0.25, -0.2) is 0 Å². The van der Waals surface area contributed by atoms with E-state index in [-0.39, 0.29) is 30.5 Å². The van der Waals surface area contributed by atoms with Crippen LogP contribution in [0.5, 0.6) is 0 Å². The van der Waals surface area contributed by atoms with Gasteiger partial charge in [-0.3, -0.25) is 19.3 Å². The average Bonchev–Trinajstić information content (AvgIpc) is 2.68. The van der Waals surface area contributed by atoms with Crippen molar-refractivity contribution in [3.63, 3.8) is 0 Å². The van der Waals surface area contributed by atoms with Gasteiger partial charge in [-0.15, -0.1) is 0 Å². The minimum Gasteiger partial charge on any atom is -0.481 e. The minimum atomic E-state index is -0.938. The smallest absolute Gasteiger partial charge is 0.303 e. The molecule has 1 aromatic rings. The highest BCUT2D eigenvalue weighted by Crippen LogP contribution is 2.32. The molecule has 1 aliphatic rings. The number of hydrogen-bond donors (Lipinski definition) is 1. The molecule has 0 aliphatic carbocycles. The Kier molecular flexibility index (Phi) is 5.19. The molecule has 0 spiro atoms. The number of carbonyl (C=O) groups excluding carboxylic acids is 2. The van der Waals surface area contributed by atoms with E-state index in [1.165, 1.54) is 0 Å². The number of benzene rings is 1. The number of hydrogen-bond acceptors (Lipinski definition) is 4. The van der Waals surface area contributed by atoms with Crippen molar-refractivity contribution >= 4 is 50.9 Å². The molecule has 1 heterocycles. The number of aliphatic carboxylic acids is 1. The number of carboxylic acid groups (broad SMARTS) is 1. The van der Waals surface area contributed by atoms with Gasteiger partial charge < -0.3 is 5.11 Å². The van der Waals surface area contributed by atoms with Crippen molar-refractivity contribution in [3.8, 4) is 0 Å². The second kappa shape index (κ2) is 6.91. The summed E-state index contributed by atoms with van der Waals surface area (Å²) in [6.07, 6.45) is 1.86. The highest BCUT2D eigenvalue weighted by atomic mass is 79.9. The molecule has 0 unspecified atom stereocenters. The van der Waals surface area contributed by atoms with E-state index in [2.05, 4.69) is 15.9 Å². The first kappa shape index (κ1) is 15.8. The van der Waals surface area contributed by atoms with Crippen molar-refractivity contribution < 1.29 is 19.5 Å². The Balaban J connectivity index is 2.06. The van der Waals surface area contributed by atoms with E-state index in [0.717, 1.165) is 26.7 Å². The quantitative estimate of drug-likeness (QED) is 0.805. The molecule has 0 radical (unpaired) electrons. The number of rotatable bonds is 5. The van der Waals surface area contributed by atoms with Crippen LogP contribution < -0.4 is 0 Å². The van der Waals surface area contributed by atoms with Crippen molar-refractivity contribution in [1.29, 1.82) is 0 Å². The molecule has 5 nitrogen and oxygen atoms in total. The first-order valence-corrected chi connectivity index (χ1v) is 7.81. The van der Waals surface area contributed by atoms with Crippen LogP contribution in [0.2, 0.25) is 0 Å². The van der Waals surface area contributed by atoms with E-state index < -0.39 is 5.97 Å². The van der Waals surface area contributed by atoms with Gasteiger partial charge in [0.05, 0.1) is 4.91 Å². The summed E-state index contributed by atoms with van der Waals surface area (Å²) in [4.78, 5) is 35.8. The van der Waals surface area contributed by atoms with E-state index in [9.17, 15) is 14.4 Å². The number of carbonyl (C=O) groups is 3. The SMILES string of the molecule is O=C(O)CCCN1C(=O)S/C(=C\c2ccc(Br)cc2)C1=O. The summed E-state index contributed by atoms with van der Waals surface area (Å²) >= 11 is 4.21. The molecule has 1 fully saturated rings. The molecule has 2 amide bonds. The van der Waals surface area contributed by atoms with Crippen LogP contribution in [0.4, 0.5) is 4.79 Å². The molecule has 0 aromatic heterocycles. The number of thioether (sulfide) groups is 1.